The molecule has 3 saturated heterocycles. The number of fused-ring (bicyclic) bond motifs is 1. The van der Waals surface area contributed by atoms with Crippen molar-refractivity contribution in [3.05, 3.63) is 34.3 Å². The van der Waals surface area contributed by atoms with Crippen LogP contribution >= 0.6 is 11.6 Å². The number of likely N-dealkylation sites (tertiary alicyclic amines) is 1. The first-order chi connectivity index (χ1) is 47.7. The Kier molecular flexibility index (Phi) is 32.0. The summed E-state index contributed by atoms with van der Waals surface area (Å²) in [6.45, 7) is 6.77. The van der Waals surface area contributed by atoms with E-state index in [1.807, 2.05) is 20.8 Å². The van der Waals surface area contributed by atoms with Crippen molar-refractivity contribution in [3.8, 4) is 0 Å². The lowest BCUT2D eigenvalue weighted by Crippen LogP contribution is -2.59. The minimum absolute atomic E-state index is 0.0190. The second-order valence-corrected chi connectivity index (χ2v) is 30.1. The van der Waals surface area contributed by atoms with Crippen LogP contribution in [-0.4, -0.2) is 252 Å². The van der Waals surface area contributed by atoms with Gasteiger partial charge in [0, 0.05) is 81.9 Å². The van der Waals surface area contributed by atoms with Gasteiger partial charge >= 0.3 is 6.18 Å². The number of carbonyl (C=O) groups is 12. The molecule has 2 aliphatic carbocycles. The van der Waals surface area contributed by atoms with Crippen LogP contribution < -0.4 is 16.0 Å². The highest BCUT2D eigenvalue weighted by Gasteiger charge is 2.44. The number of nitrogens with one attached hydrogen (secondary N) is 3. The second-order valence-electron chi connectivity index (χ2n) is 29.6. The molecule has 6 rings (SSSR count). The lowest BCUT2D eigenvalue weighted by molar-refractivity contribution is -0.154. The zero-order chi connectivity index (χ0) is 74.6. The number of piperidine rings is 1. The van der Waals surface area contributed by atoms with Crippen molar-refractivity contribution in [2.24, 2.45) is 23.7 Å². The largest absolute Gasteiger partial charge is 0.417 e. The van der Waals surface area contributed by atoms with E-state index in [-0.39, 0.29) is 81.7 Å². The fourth-order valence-corrected chi connectivity index (χ4v) is 15.1. The van der Waals surface area contributed by atoms with Crippen molar-refractivity contribution in [2.45, 2.75) is 237 Å². The van der Waals surface area contributed by atoms with Gasteiger partial charge < -0.3 is 60.0 Å². The molecule has 1 aromatic rings. The van der Waals surface area contributed by atoms with Crippen LogP contribution in [0.15, 0.2) is 18.2 Å². The van der Waals surface area contributed by atoms with Crippen LogP contribution in [0.3, 0.4) is 0 Å². The molecule has 3 heterocycles. The number of halogens is 4. The molecule has 0 spiro atoms. The lowest BCUT2D eigenvalue weighted by atomic mass is 9.84. The van der Waals surface area contributed by atoms with E-state index < -0.39 is 156 Å². The summed E-state index contributed by atoms with van der Waals surface area (Å²) in [6, 6.07) is -4.95. The third kappa shape index (κ3) is 23.5. The zero-order valence-electron chi connectivity index (χ0n) is 61.6. The highest BCUT2D eigenvalue weighted by Crippen LogP contribution is 2.36. The number of amides is 12. The fraction of sp³-hybridized carbons (Fsp3) is 0.753. The van der Waals surface area contributed by atoms with Crippen LogP contribution in [0, 0.1) is 23.7 Å². The number of carbonyl (C=O) groups excluding carboxylic acids is 12. The van der Waals surface area contributed by atoms with Crippen LogP contribution in [0.2, 0.25) is 5.02 Å². The van der Waals surface area contributed by atoms with E-state index in [2.05, 4.69) is 16.0 Å². The van der Waals surface area contributed by atoms with Gasteiger partial charge in [0.15, 0.2) is 0 Å². The summed E-state index contributed by atoms with van der Waals surface area (Å²) in [5, 5.41) is 8.01. The lowest BCUT2D eigenvalue weighted by Gasteiger charge is -2.39. The number of likely N-dealkylation sites (N-methyl/N-ethyl adjacent to an activating group) is 7. The van der Waals surface area contributed by atoms with E-state index in [4.69, 9.17) is 11.6 Å². The van der Waals surface area contributed by atoms with E-state index in [1.165, 1.54) is 72.9 Å². The minimum atomic E-state index is -4.74. The van der Waals surface area contributed by atoms with Gasteiger partial charge in [0.1, 0.15) is 42.3 Å². The number of nitrogens with zero attached hydrogens (tertiary/aromatic N) is 9. The van der Waals surface area contributed by atoms with Crippen molar-refractivity contribution in [1.29, 1.82) is 0 Å². The van der Waals surface area contributed by atoms with Crippen LogP contribution in [0.5, 0.6) is 0 Å². The molecule has 1 aromatic carbocycles. The topological polar surface area (TPSA) is 270 Å². The summed E-state index contributed by atoms with van der Waals surface area (Å²) in [5.74, 6) is -7.53. The van der Waals surface area contributed by atoms with E-state index in [0.717, 1.165) is 110 Å². The Labute approximate surface area is 600 Å². The number of alkyl halides is 3. The maximum Gasteiger partial charge on any atom is 0.417 e. The Hall–Kier alpha value is -7.06. The molecule has 566 valence electrons. The number of benzene rings is 1. The summed E-state index contributed by atoms with van der Waals surface area (Å²) in [5.41, 5.74) is -0.727. The number of hydrogen-bond donors (Lipinski definition) is 3. The molecule has 0 bridgehead atoms. The highest BCUT2D eigenvalue weighted by atomic mass is 35.5. The van der Waals surface area contributed by atoms with Gasteiger partial charge in [0.25, 0.3) is 0 Å². The molecular formula is C73H114ClF3N12O12. The van der Waals surface area contributed by atoms with Crippen molar-refractivity contribution < 1.29 is 70.7 Å². The Balaban J connectivity index is 1.34. The van der Waals surface area contributed by atoms with E-state index in [0.29, 0.717) is 44.3 Å². The Morgan fingerprint density at radius 1 is 0.574 bits per heavy atom. The smallest absolute Gasteiger partial charge is 0.354 e. The molecule has 0 radical (unpaired) electrons. The monoisotopic (exact) mass is 1440 g/mol. The number of rotatable bonds is 12. The van der Waals surface area contributed by atoms with Gasteiger partial charge in [0.05, 0.1) is 36.6 Å². The van der Waals surface area contributed by atoms with Crippen molar-refractivity contribution in [3.63, 3.8) is 0 Å². The fourth-order valence-electron chi connectivity index (χ4n) is 14.8. The quantitative estimate of drug-likeness (QED) is 0.198. The summed E-state index contributed by atoms with van der Waals surface area (Å²) in [6.07, 6.45) is 8.24. The molecule has 5 fully saturated rings. The predicted molar refractivity (Wildman–Crippen MR) is 376 cm³/mol. The number of hydrogen-bond acceptors (Lipinski definition) is 12. The molecule has 5 aliphatic rings. The molecule has 12 amide bonds. The van der Waals surface area contributed by atoms with Gasteiger partial charge in [-0.05, 0) is 118 Å². The molecular weight excluding hydrogens is 1330 g/mol. The molecule has 1 unspecified atom stereocenters. The predicted octanol–water partition coefficient (Wildman–Crippen LogP) is 6.67. The van der Waals surface area contributed by atoms with Gasteiger partial charge in [-0.15, -0.1) is 0 Å². The van der Waals surface area contributed by atoms with Gasteiger partial charge in [-0.2, -0.15) is 13.2 Å². The van der Waals surface area contributed by atoms with Crippen molar-refractivity contribution >= 4 is 82.5 Å². The minimum Gasteiger partial charge on any atom is -0.354 e. The van der Waals surface area contributed by atoms with Crippen molar-refractivity contribution in [2.75, 3.05) is 95.1 Å². The van der Waals surface area contributed by atoms with Crippen molar-refractivity contribution in [1.82, 2.24) is 60.0 Å². The van der Waals surface area contributed by atoms with Gasteiger partial charge in [-0.25, -0.2) is 0 Å². The summed E-state index contributed by atoms with van der Waals surface area (Å²) < 4.78 is 41.3. The molecule has 28 heteroatoms. The van der Waals surface area contributed by atoms with Gasteiger partial charge in [-0.3, -0.25) is 57.5 Å². The maximum atomic E-state index is 15.3. The summed E-state index contributed by atoms with van der Waals surface area (Å²) in [4.78, 5) is 187. The summed E-state index contributed by atoms with van der Waals surface area (Å²) >= 11 is 6.11. The van der Waals surface area contributed by atoms with E-state index in [1.54, 1.807) is 18.9 Å². The first-order valence-electron chi connectivity index (χ1n) is 36.8. The maximum absolute atomic E-state index is 15.3. The Bertz CT molecular complexity index is 3050. The first kappa shape index (κ1) is 82.9. The first-order valence-corrected chi connectivity index (χ1v) is 37.2. The molecule has 8 atom stereocenters. The second kappa shape index (κ2) is 39.0. The average Bonchev–Trinajstić information content (AvgIpc) is 1.38. The van der Waals surface area contributed by atoms with Gasteiger partial charge in [-0.1, -0.05) is 116 Å². The third-order valence-corrected chi connectivity index (χ3v) is 21.9. The SMILES string of the molecule is CC[C@H](C)C1NC(=O)[C@H](CC(C)C)N(C)C(=O)C[C@@H](C(=O)N2CCCCC2)N(C)C(=O)[C@H](CC2CCCCC2)N(C)C(=O)CCCCNC(=O)[C@@H]2CCCN2C(=O)[C@H](CCc2ccc(C(F)(F)F)c(Cl)c2)NC(=O)CN(C)C(=O)[C@H](CC2CCCCC2)N(C)C(=O)CN(C)C(=O)CN(C)C1=O. The third-order valence-electron chi connectivity index (χ3n) is 21.6. The molecule has 3 aliphatic heterocycles. The Morgan fingerprint density at radius 2 is 1.14 bits per heavy atom. The molecule has 101 heavy (non-hydrogen) atoms. The van der Waals surface area contributed by atoms with Crippen LogP contribution in [0.4, 0.5) is 13.2 Å². The standard InChI is InChI=1S/C73H114ClF3N12O12/c1-12-48(4)65-72(101)83(7)45-63(93)81(5)46-64(94)86(10)57(41-49-25-16-13-17-26-49)69(98)82(6)44-60(90)79-54(34-32-51-31-33-52(53(74)40-51)73(75,76)77)68(97)89-38-24-29-55(89)66(95)78-35-21-20-30-61(91)85(9)58(42-50-27-18-14-19-28-50)70(99)87(11)59(71(100)88-36-22-15-23-37-88)43-62(92)84(8)56(39-47(2)3)67(96)80-65/h31,33,40,47-50,54-59,65H,12-30,32,34-39,41-46H2,1-11H3,(H,78,95)(H,79,90)(H,80,96)/t48-,54-,55-,56-,57-,58-,59-,65?/m0/s1. The highest BCUT2D eigenvalue weighted by molar-refractivity contribution is 6.31. The number of aryl methyl sites for hydroxylation is 1. The van der Waals surface area contributed by atoms with Gasteiger partial charge in [0.2, 0.25) is 70.9 Å². The van der Waals surface area contributed by atoms with E-state index in [9.17, 15) is 65.9 Å². The molecule has 24 nitrogen and oxygen atoms in total. The zero-order valence-corrected chi connectivity index (χ0v) is 62.4. The normalized spacial score (nSPS) is 26.0. The summed E-state index contributed by atoms with van der Waals surface area (Å²) in [7, 11) is 10.1. The van der Waals surface area contributed by atoms with Crippen LogP contribution in [-0.2, 0) is 70.1 Å². The molecule has 0 aromatic heterocycles. The Morgan fingerprint density at radius 3 is 1.72 bits per heavy atom. The van der Waals surface area contributed by atoms with E-state index >= 15 is 4.79 Å². The average molecular weight is 1440 g/mol. The molecule has 3 N–H and O–H groups in total. The molecule has 2 saturated carbocycles. The van der Waals surface area contributed by atoms with Crippen LogP contribution in [0.25, 0.3) is 0 Å². The van der Waals surface area contributed by atoms with Crippen LogP contribution in [0.1, 0.15) is 193 Å².